The second-order valence-electron chi connectivity index (χ2n) is 7.99. The third-order valence-corrected chi connectivity index (χ3v) is 4.62. The van der Waals surface area contributed by atoms with Gasteiger partial charge in [0.1, 0.15) is 11.7 Å². The SMILES string of the molecule is CC(C)(C)OC(=O)N[C@@H]1CC[C@@H](C(=O)NCc2cc3cc(Cl)ccc3[nH]2)OC1. The van der Waals surface area contributed by atoms with Gasteiger partial charge in [0.25, 0.3) is 0 Å². The molecule has 1 aromatic heterocycles. The molecular formula is C20H26ClN3O4. The number of fused-ring (bicyclic) bond motifs is 1. The number of amides is 2. The van der Waals surface area contributed by atoms with Crippen molar-refractivity contribution in [1.82, 2.24) is 15.6 Å². The van der Waals surface area contributed by atoms with Crippen molar-refractivity contribution in [3.05, 3.63) is 35.0 Å². The molecule has 2 atom stereocenters. The van der Waals surface area contributed by atoms with Crippen LogP contribution in [0, 0.1) is 0 Å². The lowest BCUT2D eigenvalue weighted by Gasteiger charge is -2.29. The summed E-state index contributed by atoms with van der Waals surface area (Å²) in [7, 11) is 0. The third kappa shape index (κ3) is 5.62. The van der Waals surface area contributed by atoms with Crippen molar-refractivity contribution in [2.45, 2.75) is 57.9 Å². The number of nitrogens with one attached hydrogen (secondary N) is 3. The van der Waals surface area contributed by atoms with Gasteiger partial charge in [-0.1, -0.05) is 11.6 Å². The summed E-state index contributed by atoms with van der Waals surface area (Å²) in [5.74, 6) is -0.160. The molecule has 1 aliphatic heterocycles. The fraction of sp³-hybridized carbons (Fsp3) is 0.500. The molecule has 1 saturated heterocycles. The van der Waals surface area contributed by atoms with Crippen LogP contribution in [-0.2, 0) is 20.8 Å². The number of H-pyrrole nitrogens is 1. The molecule has 2 amide bonds. The molecule has 0 unspecified atom stereocenters. The Morgan fingerprint density at radius 2 is 2.07 bits per heavy atom. The van der Waals surface area contributed by atoms with Crippen molar-refractivity contribution in [3.63, 3.8) is 0 Å². The first-order valence-electron chi connectivity index (χ1n) is 9.35. The van der Waals surface area contributed by atoms with Crippen LogP contribution in [0.2, 0.25) is 5.02 Å². The highest BCUT2D eigenvalue weighted by atomic mass is 35.5. The van der Waals surface area contributed by atoms with E-state index >= 15 is 0 Å². The van der Waals surface area contributed by atoms with E-state index in [2.05, 4.69) is 15.6 Å². The quantitative estimate of drug-likeness (QED) is 0.723. The number of benzene rings is 1. The van der Waals surface area contributed by atoms with Crippen molar-refractivity contribution < 1.29 is 19.1 Å². The van der Waals surface area contributed by atoms with Gasteiger partial charge in [-0.3, -0.25) is 4.79 Å². The maximum Gasteiger partial charge on any atom is 0.407 e. The van der Waals surface area contributed by atoms with Crippen LogP contribution >= 0.6 is 11.6 Å². The van der Waals surface area contributed by atoms with Crippen molar-refractivity contribution in [1.29, 1.82) is 0 Å². The van der Waals surface area contributed by atoms with E-state index in [0.29, 0.717) is 24.4 Å². The van der Waals surface area contributed by atoms with E-state index in [-0.39, 0.29) is 18.6 Å². The number of carbonyl (C=O) groups excluding carboxylic acids is 2. The van der Waals surface area contributed by atoms with E-state index in [0.717, 1.165) is 16.6 Å². The van der Waals surface area contributed by atoms with Gasteiger partial charge in [-0.25, -0.2) is 4.79 Å². The maximum absolute atomic E-state index is 12.4. The maximum atomic E-state index is 12.4. The zero-order valence-electron chi connectivity index (χ0n) is 16.3. The number of aromatic amines is 1. The Bertz CT molecular complexity index is 851. The van der Waals surface area contributed by atoms with Crippen LogP contribution < -0.4 is 10.6 Å². The fourth-order valence-corrected chi connectivity index (χ4v) is 3.28. The number of halogens is 1. The summed E-state index contributed by atoms with van der Waals surface area (Å²) in [6.45, 7) is 6.09. The van der Waals surface area contributed by atoms with E-state index in [1.165, 1.54) is 0 Å². The summed E-state index contributed by atoms with van der Waals surface area (Å²) in [6, 6.07) is 7.41. The summed E-state index contributed by atoms with van der Waals surface area (Å²) < 4.78 is 10.9. The molecule has 152 valence electrons. The van der Waals surface area contributed by atoms with Gasteiger partial charge in [0.05, 0.1) is 19.2 Å². The number of ether oxygens (including phenoxy) is 2. The summed E-state index contributed by atoms with van der Waals surface area (Å²) in [5, 5.41) is 7.34. The monoisotopic (exact) mass is 407 g/mol. The highest BCUT2D eigenvalue weighted by molar-refractivity contribution is 6.31. The lowest BCUT2D eigenvalue weighted by atomic mass is 10.0. The molecular weight excluding hydrogens is 382 g/mol. The average molecular weight is 408 g/mol. The number of aromatic nitrogens is 1. The molecule has 0 radical (unpaired) electrons. The number of rotatable bonds is 4. The fourth-order valence-electron chi connectivity index (χ4n) is 3.10. The summed E-state index contributed by atoms with van der Waals surface area (Å²) in [4.78, 5) is 27.4. The average Bonchev–Trinajstić information content (AvgIpc) is 3.00. The minimum Gasteiger partial charge on any atom is -0.444 e. The van der Waals surface area contributed by atoms with E-state index in [1.807, 2.05) is 45.0 Å². The molecule has 0 bridgehead atoms. The number of carbonyl (C=O) groups is 2. The van der Waals surface area contributed by atoms with Crippen molar-refractivity contribution >= 4 is 34.5 Å². The summed E-state index contributed by atoms with van der Waals surface area (Å²) >= 11 is 6.00. The molecule has 2 heterocycles. The Kier molecular flexibility index (Phi) is 6.15. The molecule has 1 aliphatic rings. The molecule has 0 spiro atoms. The highest BCUT2D eigenvalue weighted by Gasteiger charge is 2.29. The Labute approximate surface area is 169 Å². The summed E-state index contributed by atoms with van der Waals surface area (Å²) in [5.41, 5.74) is 1.32. The van der Waals surface area contributed by atoms with Gasteiger partial charge >= 0.3 is 6.09 Å². The second-order valence-corrected chi connectivity index (χ2v) is 8.42. The lowest BCUT2D eigenvalue weighted by Crippen LogP contribution is -2.48. The first-order chi connectivity index (χ1) is 13.2. The zero-order valence-corrected chi connectivity index (χ0v) is 17.1. The molecule has 7 nitrogen and oxygen atoms in total. The Balaban J connectivity index is 1.44. The minimum atomic E-state index is -0.546. The molecule has 0 saturated carbocycles. The van der Waals surface area contributed by atoms with Crippen LogP contribution in [0.4, 0.5) is 4.79 Å². The van der Waals surface area contributed by atoms with Crippen LogP contribution in [-0.4, -0.2) is 41.3 Å². The van der Waals surface area contributed by atoms with Gasteiger partial charge in [0, 0.05) is 21.6 Å². The Hall–Kier alpha value is -2.25. The highest BCUT2D eigenvalue weighted by Crippen LogP contribution is 2.20. The molecule has 28 heavy (non-hydrogen) atoms. The molecule has 3 N–H and O–H groups in total. The van der Waals surface area contributed by atoms with Crippen LogP contribution in [0.25, 0.3) is 10.9 Å². The molecule has 1 aromatic carbocycles. The van der Waals surface area contributed by atoms with Gasteiger partial charge in [-0.15, -0.1) is 0 Å². The van der Waals surface area contributed by atoms with E-state index in [9.17, 15) is 9.59 Å². The van der Waals surface area contributed by atoms with Crippen molar-refractivity contribution in [3.8, 4) is 0 Å². The third-order valence-electron chi connectivity index (χ3n) is 4.38. The predicted molar refractivity (Wildman–Crippen MR) is 107 cm³/mol. The van der Waals surface area contributed by atoms with E-state index < -0.39 is 17.8 Å². The first-order valence-corrected chi connectivity index (χ1v) is 9.73. The molecule has 3 rings (SSSR count). The van der Waals surface area contributed by atoms with Crippen LogP contribution in [0.5, 0.6) is 0 Å². The lowest BCUT2D eigenvalue weighted by molar-refractivity contribution is -0.136. The molecule has 2 aromatic rings. The van der Waals surface area contributed by atoms with E-state index in [1.54, 1.807) is 0 Å². The normalized spacial score (nSPS) is 20.0. The van der Waals surface area contributed by atoms with Crippen molar-refractivity contribution in [2.75, 3.05) is 6.61 Å². The van der Waals surface area contributed by atoms with Crippen LogP contribution in [0.1, 0.15) is 39.3 Å². The van der Waals surface area contributed by atoms with Gasteiger partial charge < -0.3 is 25.1 Å². The molecule has 0 aliphatic carbocycles. The Morgan fingerprint density at radius 1 is 1.29 bits per heavy atom. The Morgan fingerprint density at radius 3 is 2.75 bits per heavy atom. The molecule has 8 heteroatoms. The standard InChI is InChI=1S/C20H26ClN3O4/c1-20(2,3)28-19(26)24-14-5-7-17(27-11-14)18(25)22-10-15-9-12-8-13(21)4-6-16(12)23-15/h4,6,8-9,14,17,23H,5,7,10-11H2,1-3H3,(H,22,25)(H,24,26)/t14-,17+/m1/s1. The van der Waals surface area contributed by atoms with Gasteiger partial charge in [-0.05, 0) is 57.9 Å². The van der Waals surface area contributed by atoms with Gasteiger partial charge in [-0.2, -0.15) is 0 Å². The van der Waals surface area contributed by atoms with E-state index in [4.69, 9.17) is 21.1 Å². The number of hydrogen-bond acceptors (Lipinski definition) is 4. The summed E-state index contributed by atoms with van der Waals surface area (Å²) in [6.07, 6.45) is 0.204. The smallest absolute Gasteiger partial charge is 0.407 e. The van der Waals surface area contributed by atoms with Gasteiger partial charge in [0.2, 0.25) is 5.91 Å². The second kappa shape index (κ2) is 8.41. The predicted octanol–water partition coefficient (Wildman–Crippen LogP) is 3.51. The topological polar surface area (TPSA) is 92.5 Å². The van der Waals surface area contributed by atoms with Crippen LogP contribution in [0.3, 0.4) is 0 Å². The van der Waals surface area contributed by atoms with Crippen LogP contribution in [0.15, 0.2) is 24.3 Å². The largest absolute Gasteiger partial charge is 0.444 e. The van der Waals surface area contributed by atoms with Crippen molar-refractivity contribution in [2.24, 2.45) is 0 Å². The zero-order chi connectivity index (χ0) is 20.3. The number of hydrogen-bond donors (Lipinski definition) is 3. The number of alkyl carbamates (subject to hydrolysis) is 1. The molecule has 1 fully saturated rings. The first kappa shape index (κ1) is 20.5. The van der Waals surface area contributed by atoms with Gasteiger partial charge in [0.15, 0.2) is 0 Å². The minimum absolute atomic E-state index is 0.155.